The summed E-state index contributed by atoms with van der Waals surface area (Å²) in [5.74, 6) is 0.265. The van der Waals surface area contributed by atoms with E-state index >= 15 is 0 Å². The van der Waals surface area contributed by atoms with Crippen LogP contribution in [0.25, 0.3) is 10.2 Å². The van der Waals surface area contributed by atoms with Crippen LogP contribution in [0.1, 0.15) is 23.3 Å². The second kappa shape index (κ2) is 8.16. The number of rotatable bonds is 5. The number of halogens is 3. The van der Waals surface area contributed by atoms with E-state index in [0.29, 0.717) is 10.2 Å². The number of aromatic hydroxyl groups is 1. The van der Waals surface area contributed by atoms with E-state index in [2.05, 4.69) is 20.4 Å². The fourth-order valence-electron chi connectivity index (χ4n) is 3.62. The van der Waals surface area contributed by atoms with Crippen molar-refractivity contribution in [1.29, 1.82) is 0 Å². The molecule has 0 amide bonds. The maximum Gasteiger partial charge on any atom is 0.393 e. The van der Waals surface area contributed by atoms with E-state index in [1.807, 2.05) is 12.1 Å². The highest BCUT2D eigenvalue weighted by Gasteiger charge is 2.29. The molecule has 0 unspecified atom stereocenters. The average molecular weight is 422 g/mol. The molecule has 0 aliphatic carbocycles. The van der Waals surface area contributed by atoms with E-state index in [-0.39, 0.29) is 16.7 Å². The topological polar surface area (TPSA) is 61.3 Å². The number of likely N-dealkylation sites (tertiary alicyclic amines) is 1. The third kappa shape index (κ3) is 5.16. The lowest BCUT2D eigenvalue weighted by atomic mass is 10.0. The molecule has 1 aromatic carbocycles. The Morgan fingerprint density at radius 1 is 1.17 bits per heavy atom. The number of hydrogen-bond donors (Lipinski definition) is 2. The zero-order chi connectivity index (χ0) is 20.4. The Bertz CT molecular complexity index is 966. The van der Waals surface area contributed by atoms with Crippen molar-refractivity contribution >= 4 is 27.2 Å². The summed E-state index contributed by atoms with van der Waals surface area (Å²) < 4.78 is 38.1. The van der Waals surface area contributed by atoms with Gasteiger partial charge in [-0.15, -0.1) is 16.4 Å². The lowest BCUT2D eigenvalue weighted by molar-refractivity contribution is -0.126. The molecule has 2 N–H and O–H groups in total. The number of phenolic OH excluding ortho intramolecular Hbond substituents is 1. The minimum atomic E-state index is -4.23. The van der Waals surface area contributed by atoms with Gasteiger partial charge in [0, 0.05) is 35.9 Å². The normalized spacial score (nSPS) is 16.4. The Hall–Kier alpha value is -2.39. The number of aromatic nitrogens is 2. The Kier molecular flexibility index (Phi) is 5.60. The first kappa shape index (κ1) is 19.9. The molecule has 4 rings (SSSR count). The van der Waals surface area contributed by atoms with E-state index in [1.165, 1.54) is 0 Å². The Labute approximate surface area is 170 Å². The number of phenols is 1. The van der Waals surface area contributed by atoms with Gasteiger partial charge < -0.3 is 10.4 Å². The van der Waals surface area contributed by atoms with Gasteiger partial charge >= 0.3 is 6.18 Å². The van der Waals surface area contributed by atoms with Crippen molar-refractivity contribution in [3.63, 3.8) is 0 Å². The van der Waals surface area contributed by atoms with Crippen molar-refractivity contribution < 1.29 is 18.3 Å². The monoisotopic (exact) mass is 422 g/mol. The van der Waals surface area contributed by atoms with Crippen LogP contribution in [0.2, 0.25) is 0 Å². The van der Waals surface area contributed by atoms with Gasteiger partial charge in [-0.05, 0) is 36.6 Å². The van der Waals surface area contributed by atoms with Gasteiger partial charge in [-0.25, -0.2) is 0 Å². The van der Waals surface area contributed by atoms with Gasteiger partial charge in [0.1, 0.15) is 10.6 Å². The molecule has 1 fully saturated rings. The zero-order valence-corrected chi connectivity index (χ0v) is 16.4. The van der Waals surface area contributed by atoms with Crippen molar-refractivity contribution in [3.05, 3.63) is 47.0 Å². The molecule has 2 aromatic heterocycles. The lowest BCUT2D eigenvalue weighted by Gasteiger charge is -2.32. The third-order valence-corrected chi connectivity index (χ3v) is 6.07. The first-order valence-corrected chi connectivity index (χ1v) is 10.2. The number of benzene rings is 1. The molecule has 1 aliphatic rings. The molecular weight excluding hydrogens is 401 g/mol. The molecule has 3 aromatic rings. The average Bonchev–Trinajstić information content (AvgIpc) is 3.07. The maximum atomic E-state index is 12.7. The summed E-state index contributed by atoms with van der Waals surface area (Å²) in [6.45, 7) is 2.67. The van der Waals surface area contributed by atoms with Crippen LogP contribution in [-0.4, -0.2) is 45.5 Å². The second-order valence-corrected chi connectivity index (χ2v) is 8.46. The van der Waals surface area contributed by atoms with Gasteiger partial charge in [-0.3, -0.25) is 4.90 Å². The number of alkyl halides is 3. The Morgan fingerprint density at radius 3 is 2.59 bits per heavy atom. The molecule has 0 saturated carbocycles. The van der Waals surface area contributed by atoms with E-state index < -0.39 is 12.6 Å². The fourth-order valence-corrected chi connectivity index (χ4v) is 4.65. The highest BCUT2D eigenvalue weighted by atomic mass is 32.1. The number of thiophene rings is 1. The van der Waals surface area contributed by atoms with Crippen LogP contribution in [0.15, 0.2) is 36.5 Å². The summed E-state index contributed by atoms with van der Waals surface area (Å²) in [5.41, 5.74) is 1.90. The van der Waals surface area contributed by atoms with Gasteiger partial charge in [0.2, 0.25) is 0 Å². The molecule has 0 bridgehead atoms. The molecule has 3 heterocycles. The number of anilines is 1. The summed E-state index contributed by atoms with van der Waals surface area (Å²) in [6.07, 6.45) is -1.71. The lowest BCUT2D eigenvalue weighted by Crippen LogP contribution is -2.38. The van der Waals surface area contributed by atoms with Crippen LogP contribution in [-0.2, 0) is 13.0 Å². The minimum Gasteiger partial charge on any atom is -0.508 e. The first-order valence-electron chi connectivity index (χ1n) is 9.43. The van der Waals surface area contributed by atoms with Crippen LogP contribution in [0.4, 0.5) is 18.9 Å². The summed E-state index contributed by atoms with van der Waals surface area (Å²) in [5, 5.41) is 21.5. The molecule has 1 saturated heterocycles. The van der Waals surface area contributed by atoms with E-state index in [0.717, 1.165) is 55.1 Å². The molecule has 0 atom stereocenters. The van der Waals surface area contributed by atoms with Crippen LogP contribution in [0, 0.1) is 0 Å². The van der Waals surface area contributed by atoms with Crippen molar-refractivity contribution in [1.82, 2.24) is 15.1 Å². The van der Waals surface area contributed by atoms with Crippen molar-refractivity contribution in [3.8, 4) is 5.75 Å². The van der Waals surface area contributed by atoms with Crippen molar-refractivity contribution in [2.75, 3.05) is 18.4 Å². The van der Waals surface area contributed by atoms with Crippen molar-refractivity contribution in [2.24, 2.45) is 0 Å². The van der Waals surface area contributed by atoms with Gasteiger partial charge in [-0.1, -0.05) is 12.1 Å². The van der Waals surface area contributed by atoms with Gasteiger partial charge in [0.05, 0.1) is 18.3 Å². The predicted molar refractivity (Wildman–Crippen MR) is 107 cm³/mol. The molecule has 9 heteroatoms. The highest BCUT2D eigenvalue weighted by Crippen LogP contribution is 2.33. The van der Waals surface area contributed by atoms with Crippen LogP contribution >= 0.6 is 11.3 Å². The SMILES string of the molecule is Oc1ccc(CN2CCC(Nc3cnnc4sc(CC(F)(F)F)cc34)CC2)cc1. The standard InChI is InChI=1S/C20H21F3N4OS/c21-20(22,23)10-16-9-17-18(11-24-26-19(17)29-16)25-14-5-7-27(8-6-14)12-13-1-3-15(28)4-2-13/h1-4,9,11,14,28H,5-8,10,12H2,(H,25,26). The number of nitrogens with one attached hydrogen (secondary N) is 1. The quantitative estimate of drug-likeness (QED) is 0.630. The van der Waals surface area contributed by atoms with Crippen LogP contribution in [0.5, 0.6) is 5.75 Å². The second-order valence-electron chi connectivity index (χ2n) is 7.34. The number of hydrogen-bond acceptors (Lipinski definition) is 6. The van der Waals surface area contributed by atoms with Crippen LogP contribution in [0.3, 0.4) is 0 Å². The van der Waals surface area contributed by atoms with E-state index in [1.54, 1.807) is 24.4 Å². The van der Waals surface area contributed by atoms with Gasteiger partial charge in [0.15, 0.2) is 0 Å². The van der Waals surface area contributed by atoms with E-state index in [4.69, 9.17) is 0 Å². The fraction of sp³-hybridized carbons (Fsp3) is 0.400. The number of piperidine rings is 1. The summed E-state index contributed by atoms with van der Waals surface area (Å²) >= 11 is 1.04. The number of nitrogens with zero attached hydrogens (tertiary/aromatic N) is 3. The zero-order valence-electron chi connectivity index (χ0n) is 15.6. The molecule has 5 nitrogen and oxygen atoms in total. The highest BCUT2D eigenvalue weighted by molar-refractivity contribution is 7.18. The smallest absolute Gasteiger partial charge is 0.393 e. The minimum absolute atomic E-state index is 0.240. The van der Waals surface area contributed by atoms with Crippen molar-refractivity contribution in [2.45, 2.75) is 38.0 Å². The summed E-state index contributed by atoms with van der Waals surface area (Å²) in [4.78, 5) is 3.13. The van der Waals surface area contributed by atoms with Gasteiger partial charge in [0.25, 0.3) is 0 Å². The van der Waals surface area contributed by atoms with Gasteiger partial charge in [-0.2, -0.15) is 18.3 Å². The molecule has 0 radical (unpaired) electrons. The predicted octanol–water partition coefficient (Wildman–Crippen LogP) is 4.58. The third-order valence-electron chi connectivity index (χ3n) is 5.05. The largest absolute Gasteiger partial charge is 0.508 e. The van der Waals surface area contributed by atoms with E-state index in [9.17, 15) is 18.3 Å². The summed E-state index contributed by atoms with van der Waals surface area (Å²) in [6, 6.07) is 9.05. The molecular formula is C20H21F3N4OS. The van der Waals surface area contributed by atoms with Crippen LogP contribution < -0.4 is 5.32 Å². The summed E-state index contributed by atoms with van der Waals surface area (Å²) in [7, 11) is 0. The first-order chi connectivity index (χ1) is 13.9. The number of fused-ring (bicyclic) bond motifs is 1. The Balaban J connectivity index is 1.37. The molecule has 1 aliphatic heterocycles. The molecule has 0 spiro atoms. The maximum absolute atomic E-state index is 12.7. The molecule has 29 heavy (non-hydrogen) atoms. The molecule has 154 valence electrons. The Morgan fingerprint density at radius 2 is 1.90 bits per heavy atom.